The van der Waals surface area contributed by atoms with Crippen LogP contribution in [0.15, 0.2) is 24.3 Å². The maximum atomic E-state index is 12.5. The van der Waals surface area contributed by atoms with Crippen LogP contribution in [0, 0.1) is 11.8 Å². The number of carbonyl (C=O) groups is 1. The molecule has 1 aromatic rings. The van der Waals surface area contributed by atoms with Crippen molar-refractivity contribution in [1.82, 2.24) is 15.5 Å². The van der Waals surface area contributed by atoms with Crippen LogP contribution in [-0.2, 0) is 6.42 Å². The zero-order chi connectivity index (χ0) is 16.1. The lowest BCUT2D eigenvalue weighted by Gasteiger charge is -2.38. The fourth-order valence-electron chi connectivity index (χ4n) is 4.99. The Bertz CT molecular complexity index is 630. The second-order valence-electron chi connectivity index (χ2n) is 7.75. The Morgan fingerprint density at radius 1 is 1.08 bits per heavy atom. The van der Waals surface area contributed by atoms with Crippen LogP contribution in [0.1, 0.15) is 18.4 Å². The van der Waals surface area contributed by atoms with Gasteiger partial charge in [-0.15, -0.1) is 0 Å². The number of hydrogen-bond donors (Lipinski definition) is 2. The van der Waals surface area contributed by atoms with Crippen molar-refractivity contribution in [3.05, 3.63) is 29.8 Å². The summed E-state index contributed by atoms with van der Waals surface area (Å²) in [4.78, 5) is 17.1. The van der Waals surface area contributed by atoms with Crippen LogP contribution in [0.4, 0.5) is 10.5 Å². The fourth-order valence-corrected chi connectivity index (χ4v) is 4.99. The molecule has 24 heavy (non-hydrogen) atoms. The van der Waals surface area contributed by atoms with Gasteiger partial charge in [-0.25, -0.2) is 4.79 Å². The summed E-state index contributed by atoms with van der Waals surface area (Å²) in [6, 6.07) is 9.96. The number of fused-ring (bicyclic) bond motifs is 2. The average molecular weight is 326 g/mol. The Kier molecular flexibility index (Phi) is 3.44. The van der Waals surface area contributed by atoms with Crippen LogP contribution in [0.3, 0.4) is 0 Å². The minimum Gasteiger partial charge on any atom is -0.368 e. The van der Waals surface area contributed by atoms with Gasteiger partial charge in [0.1, 0.15) is 0 Å². The van der Waals surface area contributed by atoms with Crippen molar-refractivity contribution in [3.63, 3.8) is 0 Å². The van der Waals surface area contributed by atoms with Crippen molar-refractivity contribution in [1.29, 1.82) is 0 Å². The number of amides is 2. The topological polar surface area (TPSA) is 47.6 Å². The van der Waals surface area contributed by atoms with Crippen LogP contribution in [0.25, 0.3) is 0 Å². The van der Waals surface area contributed by atoms with Gasteiger partial charge in [-0.05, 0) is 42.7 Å². The molecule has 0 spiro atoms. The predicted molar refractivity (Wildman–Crippen MR) is 94.3 cm³/mol. The van der Waals surface area contributed by atoms with E-state index < -0.39 is 0 Å². The first-order valence-corrected chi connectivity index (χ1v) is 9.42. The normalized spacial score (nSPS) is 31.8. The first kappa shape index (κ1) is 14.6. The number of anilines is 1. The molecule has 5 heteroatoms. The van der Waals surface area contributed by atoms with Gasteiger partial charge in [-0.1, -0.05) is 18.2 Å². The molecule has 1 unspecified atom stereocenters. The van der Waals surface area contributed by atoms with E-state index in [-0.39, 0.29) is 6.03 Å². The number of urea groups is 1. The number of benzene rings is 1. The minimum atomic E-state index is 0.162. The molecule has 2 N–H and O–H groups in total. The van der Waals surface area contributed by atoms with E-state index >= 15 is 0 Å². The summed E-state index contributed by atoms with van der Waals surface area (Å²) in [5.74, 6) is 1.38. The van der Waals surface area contributed by atoms with Gasteiger partial charge in [-0.2, -0.15) is 0 Å². The second-order valence-corrected chi connectivity index (χ2v) is 7.75. The lowest BCUT2D eigenvalue weighted by Crippen LogP contribution is -2.50. The van der Waals surface area contributed by atoms with Gasteiger partial charge < -0.3 is 20.4 Å². The van der Waals surface area contributed by atoms with Crippen LogP contribution in [0.2, 0.25) is 0 Å². The quantitative estimate of drug-likeness (QED) is 0.865. The molecule has 128 valence electrons. The summed E-state index contributed by atoms with van der Waals surface area (Å²) in [5.41, 5.74) is 2.89. The molecule has 1 saturated carbocycles. The Labute approximate surface area is 143 Å². The van der Waals surface area contributed by atoms with Gasteiger partial charge >= 0.3 is 6.03 Å². The first-order valence-electron chi connectivity index (χ1n) is 9.42. The Morgan fingerprint density at radius 3 is 2.62 bits per heavy atom. The van der Waals surface area contributed by atoms with E-state index in [0.29, 0.717) is 23.9 Å². The van der Waals surface area contributed by atoms with Crippen molar-refractivity contribution in [3.8, 4) is 0 Å². The van der Waals surface area contributed by atoms with Crippen LogP contribution in [-0.4, -0.2) is 55.7 Å². The maximum Gasteiger partial charge on any atom is 0.317 e. The van der Waals surface area contributed by atoms with Crippen molar-refractivity contribution in [2.45, 2.75) is 31.3 Å². The SMILES string of the molecule is O=C(NC1[C@H]2CNC[C@@H]12)N1CCC(N2CCc3ccccc32)CC1. The third kappa shape index (κ3) is 2.37. The number of piperidine rings is 2. The summed E-state index contributed by atoms with van der Waals surface area (Å²) in [6.07, 6.45) is 3.33. The predicted octanol–water partition coefficient (Wildman–Crippen LogP) is 1.44. The summed E-state index contributed by atoms with van der Waals surface area (Å²) in [7, 11) is 0. The highest BCUT2D eigenvalue weighted by molar-refractivity contribution is 5.75. The van der Waals surface area contributed by atoms with Crippen molar-refractivity contribution in [2.75, 3.05) is 37.6 Å². The van der Waals surface area contributed by atoms with Crippen LogP contribution < -0.4 is 15.5 Å². The third-order valence-electron chi connectivity index (χ3n) is 6.50. The molecule has 3 fully saturated rings. The van der Waals surface area contributed by atoms with E-state index in [9.17, 15) is 4.79 Å². The molecule has 5 nitrogen and oxygen atoms in total. The van der Waals surface area contributed by atoms with E-state index in [2.05, 4.69) is 39.8 Å². The molecular formula is C19H26N4O. The summed E-state index contributed by atoms with van der Waals surface area (Å²) >= 11 is 0. The smallest absolute Gasteiger partial charge is 0.317 e. The standard InChI is InChI=1S/C19H26N4O/c24-19(21-18-15-11-20-12-16(15)18)22-8-6-14(7-9-22)23-10-5-13-3-1-2-4-17(13)23/h1-4,14-16,18,20H,5-12H2,(H,21,24)/t15-,16+,18?. The van der Waals surface area contributed by atoms with Gasteiger partial charge in [0.05, 0.1) is 0 Å². The lowest BCUT2D eigenvalue weighted by molar-refractivity contribution is 0.179. The number of likely N-dealkylation sites (tertiary alicyclic amines) is 1. The number of rotatable bonds is 2. The zero-order valence-corrected chi connectivity index (χ0v) is 14.1. The molecule has 1 aliphatic carbocycles. The highest BCUT2D eigenvalue weighted by Gasteiger charge is 2.54. The van der Waals surface area contributed by atoms with Crippen molar-refractivity contribution in [2.24, 2.45) is 11.8 Å². The van der Waals surface area contributed by atoms with Crippen molar-refractivity contribution >= 4 is 11.7 Å². The van der Waals surface area contributed by atoms with Gasteiger partial charge in [0, 0.05) is 50.5 Å². The molecule has 4 aliphatic rings. The zero-order valence-electron chi connectivity index (χ0n) is 14.1. The Hall–Kier alpha value is -1.75. The maximum absolute atomic E-state index is 12.5. The van der Waals surface area contributed by atoms with E-state index in [4.69, 9.17) is 0 Å². The fraction of sp³-hybridized carbons (Fsp3) is 0.632. The molecule has 0 aromatic heterocycles. The van der Waals surface area contributed by atoms with Gasteiger partial charge in [0.25, 0.3) is 0 Å². The Morgan fingerprint density at radius 2 is 1.83 bits per heavy atom. The second kappa shape index (κ2) is 5.66. The largest absolute Gasteiger partial charge is 0.368 e. The van der Waals surface area contributed by atoms with E-state index in [1.165, 1.54) is 11.3 Å². The molecule has 5 rings (SSSR count). The molecule has 2 amide bonds. The molecule has 0 radical (unpaired) electrons. The summed E-state index contributed by atoms with van der Waals surface area (Å²) < 4.78 is 0. The first-order chi connectivity index (χ1) is 11.8. The number of hydrogen-bond acceptors (Lipinski definition) is 3. The van der Waals surface area contributed by atoms with E-state index in [1.54, 1.807) is 0 Å². The lowest BCUT2D eigenvalue weighted by atomic mass is 10.0. The van der Waals surface area contributed by atoms with Crippen LogP contribution >= 0.6 is 0 Å². The molecule has 3 aliphatic heterocycles. The molecule has 2 saturated heterocycles. The number of carbonyl (C=O) groups excluding carboxylic acids is 1. The number of nitrogens with zero attached hydrogens (tertiary/aromatic N) is 2. The summed E-state index contributed by atoms with van der Waals surface area (Å²) in [5, 5.41) is 6.64. The third-order valence-corrected chi connectivity index (χ3v) is 6.50. The Balaban J connectivity index is 1.16. The molecule has 1 aromatic carbocycles. The average Bonchev–Trinajstić information content (AvgIpc) is 3.01. The monoisotopic (exact) mass is 326 g/mol. The molecule has 3 atom stereocenters. The molecule has 0 bridgehead atoms. The van der Waals surface area contributed by atoms with E-state index in [0.717, 1.165) is 52.0 Å². The van der Waals surface area contributed by atoms with Gasteiger partial charge in [0.2, 0.25) is 0 Å². The van der Waals surface area contributed by atoms with Gasteiger partial charge in [-0.3, -0.25) is 0 Å². The molecular weight excluding hydrogens is 300 g/mol. The van der Waals surface area contributed by atoms with Gasteiger partial charge in [0.15, 0.2) is 0 Å². The number of nitrogens with one attached hydrogen (secondary N) is 2. The highest BCUT2D eigenvalue weighted by atomic mass is 16.2. The number of para-hydroxylation sites is 1. The van der Waals surface area contributed by atoms with Crippen LogP contribution in [0.5, 0.6) is 0 Å². The summed E-state index contributed by atoms with van der Waals surface area (Å²) in [6.45, 7) is 5.05. The highest BCUT2D eigenvalue weighted by Crippen LogP contribution is 2.41. The molecule has 3 heterocycles. The minimum absolute atomic E-state index is 0.162. The van der Waals surface area contributed by atoms with Crippen molar-refractivity contribution < 1.29 is 4.79 Å². The van der Waals surface area contributed by atoms with E-state index in [1.807, 2.05) is 4.90 Å².